The van der Waals surface area contributed by atoms with Gasteiger partial charge in [-0.15, -0.1) is 0 Å². The van der Waals surface area contributed by atoms with Crippen LogP contribution in [0.2, 0.25) is 5.02 Å². The van der Waals surface area contributed by atoms with Crippen molar-refractivity contribution in [3.63, 3.8) is 0 Å². The summed E-state index contributed by atoms with van der Waals surface area (Å²) in [6.45, 7) is 6.19. The fourth-order valence-electron chi connectivity index (χ4n) is 3.87. The lowest BCUT2D eigenvalue weighted by Crippen LogP contribution is -2.36. The van der Waals surface area contributed by atoms with Crippen LogP contribution in [0.1, 0.15) is 31.7 Å². The summed E-state index contributed by atoms with van der Waals surface area (Å²) in [5.74, 6) is 1.54. The third-order valence-electron chi connectivity index (χ3n) is 5.56. The summed E-state index contributed by atoms with van der Waals surface area (Å²) >= 11 is 6.63. The predicted molar refractivity (Wildman–Crippen MR) is 111 cm³/mol. The minimum absolute atomic E-state index is 0.301. The monoisotopic (exact) mass is 388 g/mol. The molecule has 1 aliphatic heterocycles. The summed E-state index contributed by atoms with van der Waals surface area (Å²) in [6, 6.07) is 11.0. The average Bonchev–Trinajstić information content (AvgIpc) is 3.37. The van der Waals surface area contributed by atoms with Gasteiger partial charge in [0.05, 0.1) is 17.7 Å². The Hall–Kier alpha value is -1.33. The minimum atomic E-state index is -0.301. The van der Waals surface area contributed by atoms with Crippen molar-refractivity contribution < 1.29 is 9.84 Å². The highest BCUT2D eigenvalue weighted by Crippen LogP contribution is 2.38. The van der Waals surface area contributed by atoms with Crippen molar-refractivity contribution in [2.75, 3.05) is 26.2 Å². The standard InChI is InChI=1S/C22H29ClN2O2/c1-15(26)11-24-18-8-9-25(13-18)12-17-10-21(23)22(27-14-16-6-7-16)20-5-3-2-4-19(17)20/h2-5,10,15-16,18,24,26H,6-9,11-14H2,1H3/t15-,18+/m0/s1. The van der Waals surface area contributed by atoms with Gasteiger partial charge in [-0.25, -0.2) is 0 Å². The molecule has 2 N–H and O–H groups in total. The third-order valence-corrected chi connectivity index (χ3v) is 5.84. The molecule has 0 aromatic heterocycles. The molecule has 1 saturated heterocycles. The van der Waals surface area contributed by atoms with Crippen LogP contribution in [0.15, 0.2) is 30.3 Å². The Labute approximate surface area is 166 Å². The van der Waals surface area contributed by atoms with Crippen LogP contribution in [-0.4, -0.2) is 48.4 Å². The van der Waals surface area contributed by atoms with Crippen LogP contribution in [0.25, 0.3) is 10.8 Å². The molecule has 27 heavy (non-hydrogen) atoms. The summed E-state index contributed by atoms with van der Waals surface area (Å²) in [6.07, 6.45) is 3.35. The van der Waals surface area contributed by atoms with E-state index in [9.17, 15) is 5.11 Å². The van der Waals surface area contributed by atoms with Gasteiger partial charge in [0.2, 0.25) is 0 Å². The molecule has 0 amide bonds. The lowest BCUT2D eigenvalue weighted by molar-refractivity contribution is 0.185. The van der Waals surface area contributed by atoms with Gasteiger partial charge in [0, 0.05) is 37.6 Å². The zero-order chi connectivity index (χ0) is 18.8. The maximum absolute atomic E-state index is 9.47. The zero-order valence-corrected chi connectivity index (χ0v) is 16.7. The molecule has 146 valence electrons. The highest BCUT2D eigenvalue weighted by Gasteiger charge is 2.25. The van der Waals surface area contributed by atoms with E-state index in [1.165, 1.54) is 23.8 Å². The number of aliphatic hydroxyl groups excluding tert-OH is 1. The fourth-order valence-corrected chi connectivity index (χ4v) is 4.16. The lowest BCUT2D eigenvalue weighted by atomic mass is 10.0. The van der Waals surface area contributed by atoms with E-state index in [0.717, 1.165) is 43.8 Å². The van der Waals surface area contributed by atoms with Gasteiger partial charge in [-0.3, -0.25) is 4.90 Å². The first-order valence-electron chi connectivity index (χ1n) is 10.1. The van der Waals surface area contributed by atoms with E-state index in [2.05, 4.69) is 40.5 Å². The van der Waals surface area contributed by atoms with Crippen LogP contribution in [0, 0.1) is 5.92 Å². The van der Waals surface area contributed by atoms with E-state index < -0.39 is 0 Å². The van der Waals surface area contributed by atoms with Crippen molar-refractivity contribution >= 4 is 22.4 Å². The Balaban J connectivity index is 1.49. The van der Waals surface area contributed by atoms with Crippen LogP contribution in [0.5, 0.6) is 5.75 Å². The van der Waals surface area contributed by atoms with Crippen molar-refractivity contribution in [2.24, 2.45) is 5.92 Å². The summed E-state index contributed by atoms with van der Waals surface area (Å²) in [5.41, 5.74) is 1.26. The summed E-state index contributed by atoms with van der Waals surface area (Å²) in [4.78, 5) is 2.46. The molecule has 2 aromatic carbocycles. The van der Waals surface area contributed by atoms with E-state index in [1.54, 1.807) is 0 Å². The first-order valence-corrected chi connectivity index (χ1v) is 10.4. The van der Waals surface area contributed by atoms with Crippen LogP contribution >= 0.6 is 11.6 Å². The molecule has 1 heterocycles. The van der Waals surface area contributed by atoms with Gasteiger partial charge in [0.15, 0.2) is 0 Å². The van der Waals surface area contributed by atoms with Crippen molar-refractivity contribution in [1.82, 2.24) is 10.2 Å². The van der Waals surface area contributed by atoms with E-state index in [1.807, 2.05) is 6.92 Å². The summed E-state index contributed by atoms with van der Waals surface area (Å²) < 4.78 is 6.09. The summed E-state index contributed by atoms with van der Waals surface area (Å²) in [7, 11) is 0. The molecule has 5 heteroatoms. The second kappa shape index (κ2) is 8.36. The Morgan fingerprint density at radius 2 is 2.04 bits per heavy atom. The predicted octanol–water partition coefficient (Wildman–Crippen LogP) is 3.83. The SMILES string of the molecule is C[C@H](O)CN[C@@H]1CCN(Cc2cc(Cl)c(OCC3CC3)c3ccccc23)C1. The molecule has 0 radical (unpaired) electrons. The number of aliphatic hydroxyl groups is 1. The van der Waals surface area contributed by atoms with Gasteiger partial charge < -0.3 is 15.2 Å². The van der Waals surface area contributed by atoms with Gasteiger partial charge >= 0.3 is 0 Å². The number of ether oxygens (including phenoxy) is 1. The maximum Gasteiger partial charge on any atom is 0.145 e. The number of nitrogens with one attached hydrogen (secondary N) is 1. The zero-order valence-electron chi connectivity index (χ0n) is 16.0. The van der Waals surface area contributed by atoms with Crippen molar-refractivity contribution in [2.45, 2.75) is 44.9 Å². The second-order valence-corrected chi connectivity index (χ2v) is 8.53. The molecule has 1 saturated carbocycles. The van der Waals surface area contributed by atoms with E-state index in [4.69, 9.17) is 16.3 Å². The quantitative estimate of drug-likeness (QED) is 0.721. The van der Waals surface area contributed by atoms with E-state index >= 15 is 0 Å². The van der Waals surface area contributed by atoms with Gasteiger partial charge in [-0.1, -0.05) is 35.9 Å². The summed E-state index contributed by atoms with van der Waals surface area (Å²) in [5, 5.41) is 16.0. The molecule has 2 fully saturated rings. The Bertz CT molecular complexity index is 791. The van der Waals surface area contributed by atoms with Crippen molar-refractivity contribution in [1.29, 1.82) is 0 Å². The first kappa shape index (κ1) is 19.0. The van der Waals surface area contributed by atoms with E-state index in [-0.39, 0.29) is 6.10 Å². The Morgan fingerprint density at radius 1 is 1.26 bits per heavy atom. The smallest absolute Gasteiger partial charge is 0.145 e. The van der Waals surface area contributed by atoms with Crippen LogP contribution < -0.4 is 10.1 Å². The fraction of sp³-hybridized carbons (Fsp3) is 0.545. The number of nitrogens with zero attached hydrogens (tertiary/aromatic N) is 1. The molecule has 4 rings (SSSR count). The van der Waals surface area contributed by atoms with Gasteiger partial charge in [0.25, 0.3) is 0 Å². The number of halogens is 1. The molecule has 4 nitrogen and oxygen atoms in total. The van der Waals surface area contributed by atoms with Crippen LogP contribution in [-0.2, 0) is 6.54 Å². The molecule has 1 aliphatic carbocycles. The third kappa shape index (κ3) is 4.75. The number of benzene rings is 2. The number of rotatable bonds is 8. The van der Waals surface area contributed by atoms with Gasteiger partial charge in [0.1, 0.15) is 5.75 Å². The lowest BCUT2D eigenvalue weighted by Gasteiger charge is -2.20. The Kier molecular flexibility index (Phi) is 5.88. The number of hydrogen-bond acceptors (Lipinski definition) is 4. The van der Waals surface area contributed by atoms with E-state index in [0.29, 0.717) is 23.5 Å². The largest absolute Gasteiger partial charge is 0.491 e. The number of likely N-dealkylation sites (tertiary alicyclic amines) is 1. The van der Waals surface area contributed by atoms with Crippen LogP contribution in [0.4, 0.5) is 0 Å². The average molecular weight is 389 g/mol. The second-order valence-electron chi connectivity index (χ2n) is 8.12. The molecular formula is C22H29ClN2O2. The topological polar surface area (TPSA) is 44.7 Å². The highest BCUT2D eigenvalue weighted by atomic mass is 35.5. The molecular weight excluding hydrogens is 360 g/mol. The normalized spacial score (nSPS) is 21.7. The van der Waals surface area contributed by atoms with Crippen molar-refractivity contribution in [3.05, 3.63) is 40.9 Å². The maximum atomic E-state index is 9.47. The molecule has 0 bridgehead atoms. The van der Waals surface area contributed by atoms with Gasteiger partial charge in [-0.2, -0.15) is 0 Å². The molecule has 2 atom stereocenters. The number of hydrogen-bond donors (Lipinski definition) is 2. The highest BCUT2D eigenvalue weighted by molar-refractivity contribution is 6.33. The molecule has 2 aromatic rings. The molecule has 0 unspecified atom stereocenters. The minimum Gasteiger partial charge on any atom is -0.491 e. The molecule has 2 aliphatic rings. The molecule has 0 spiro atoms. The number of fused-ring (bicyclic) bond motifs is 1. The van der Waals surface area contributed by atoms with Crippen LogP contribution in [0.3, 0.4) is 0 Å². The first-order chi connectivity index (χ1) is 13.1. The Morgan fingerprint density at radius 3 is 2.78 bits per heavy atom. The van der Waals surface area contributed by atoms with Gasteiger partial charge in [-0.05, 0) is 49.1 Å². The van der Waals surface area contributed by atoms with Crippen molar-refractivity contribution in [3.8, 4) is 5.75 Å².